The van der Waals surface area contributed by atoms with Crippen LogP contribution in [0.15, 0.2) is 58.3 Å². The van der Waals surface area contributed by atoms with Gasteiger partial charge in [0.15, 0.2) is 0 Å². The Kier molecular flexibility index (Phi) is 7.70. The fourth-order valence-corrected chi connectivity index (χ4v) is 4.29. The average molecular weight is 409 g/mol. The van der Waals surface area contributed by atoms with Gasteiger partial charge in [0, 0.05) is 23.2 Å². The molecule has 0 radical (unpaired) electrons. The van der Waals surface area contributed by atoms with E-state index in [9.17, 15) is 13.2 Å². The second-order valence-electron chi connectivity index (χ2n) is 6.05. The summed E-state index contributed by atoms with van der Waals surface area (Å²) in [5.41, 5.74) is 0.188. The van der Waals surface area contributed by atoms with E-state index in [1.807, 2.05) is 44.2 Å². The first-order valence-corrected chi connectivity index (χ1v) is 11.0. The van der Waals surface area contributed by atoms with Gasteiger partial charge in [0.2, 0.25) is 10.0 Å². The minimum Gasteiger partial charge on any atom is -0.496 e. The number of rotatable bonds is 9. The van der Waals surface area contributed by atoms with Crippen molar-refractivity contribution < 1.29 is 17.9 Å². The monoisotopic (exact) mass is 408 g/mol. The van der Waals surface area contributed by atoms with Crippen LogP contribution in [0.3, 0.4) is 0 Å². The maximum absolute atomic E-state index is 12.5. The number of carbonyl (C=O) groups excluding carboxylic acids is 1. The molecule has 27 heavy (non-hydrogen) atoms. The van der Waals surface area contributed by atoms with Crippen molar-refractivity contribution in [1.29, 1.82) is 0 Å². The third-order valence-corrected chi connectivity index (χ3v) is 6.02. The molecule has 0 aliphatic carbocycles. The third-order valence-electron chi connectivity index (χ3n) is 3.55. The van der Waals surface area contributed by atoms with Crippen LogP contribution in [0.25, 0.3) is 0 Å². The molecule has 2 aromatic carbocycles. The molecule has 0 fully saturated rings. The zero-order chi connectivity index (χ0) is 19.9. The summed E-state index contributed by atoms with van der Waals surface area (Å²) in [6.45, 7) is 3.94. The predicted octanol–water partition coefficient (Wildman–Crippen LogP) is 2.90. The second-order valence-corrected chi connectivity index (χ2v) is 8.98. The quantitative estimate of drug-likeness (QED) is 0.492. The number of hydrogen-bond acceptors (Lipinski definition) is 5. The number of hydrogen-bond donors (Lipinski definition) is 2. The molecule has 0 saturated carbocycles. The van der Waals surface area contributed by atoms with Gasteiger partial charge in [-0.15, -0.1) is 11.8 Å². The lowest BCUT2D eigenvalue weighted by Crippen LogP contribution is -2.31. The van der Waals surface area contributed by atoms with Crippen LogP contribution in [0.4, 0.5) is 0 Å². The van der Waals surface area contributed by atoms with Crippen molar-refractivity contribution in [1.82, 2.24) is 10.0 Å². The van der Waals surface area contributed by atoms with Crippen LogP contribution in [-0.4, -0.2) is 39.8 Å². The van der Waals surface area contributed by atoms with Crippen molar-refractivity contribution in [2.24, 2.45) is 0 Å². The molecule has 0 aromatic heterocycles. The SMILES string of the molecule is COc1ccc(S(=O)(=O)NCCSc2ccccc2)cc1C(=O)NC(C)C. The maximum Gasteiger partial charge on any atom is 0.255 e. The van der Waals surface area contributed by atoms with Gasteiger partial charge in [-0.25, -0.2) is 13.1 Å². The van der Waals surface area contributed by atoms with E-state index in [1.165, 1.54) is 25.3 Å². The van der Waals surface area contributed by atoms with Crippen molar-refractivity contribution in [3.05, 3.63) is 54.1 Å². The summed E-state index contributed by atoms with van der Waals surface area (Å²) in [5, 5.41) is 2.75. The highest BCUT2D eigenvalue weighted by Gasteiger charge is 2.20. The van der Waals surface area contributed by atoms with Crippen molar-refractivity contribution in [3.8, 4) is 5.75 Å². The summed E-state index contributed by atoms with van der Waals surface area (Å²) in [7, 11) is -2.28. The van der Waals surface area contributed by atoms with Crippen LogP contribution in [0.2, 0.25) is 0 Å². The first kappa shape index (κ1) is 21.3. The van der Waals surface area contributed by atoms with Gasteiger partial charge in [0.05, 0.1) is 17.6 Å². The van der Waals surface area contributed by atoms with Crippen molar-refractivity contribution in [2.45, 2.75) is 29.7 Å². The molecular formula is C19H24N2O4S2. The van der Waals surface area contributed by atoms with E-state index in [2.05, 4.69) is 10.0 Å². The first-order chi connectivity index (χ1) is 12.8. The minimum absolute atomic E-state index is 0.0296. The summed E-state index contributed by atoms with van der Waals surface area (Å²) in [5.74, 6) is 0.547. The molecule has 8 heteroatoms. The number of thioether (sulfide) groups is 1. The maximum atomic E-state index is 12.5. The topological polar surface area (TPSA) is 84.5 Å². The Morgan fingerprint density at radius 3 is 2.48 bits per heavy atom. The summed E-state index contributed by atoms with van der Waals surface area (Å²) >= 11 is 1.57. The van der Waals surface area contributed by atoms with Gasteiger partial charge in [-0.2, -0.15) is 0 Å². The van der Waals surface area contributed by atoms with Crippen LogP contribution in [0.1, 0.15) is 24.2 Å². The van der Waals surface area contributed by atoms with E-state index < -0.39 is 10.0 Å². The molecule has 6 nitrogen and oxygen atoms in total. The van der Waals surface area contributed by atoms with E-state index in [1.54, 1.807) is 11.8 Å². The number of benzene rings is 2. The highest BCUT2D eigenvalue weighted by Crippen LogP contribution is 2.23. The molecule has 0 heterocycles. The zero-order valence-corrected chi connectivity index (χ0v) is 17.2. The molecule has 1 amide bonds. The first-order valence-electron chi connectivity index (χ1n) is 8.50. The molecule has 2 N–H and O–H groups in total. The molecule has 0 aliphatic rings. The van der Waals surface area contributed by atoms with Crippen LogP contribution >= 0.6 is 11.8 Å². The lowest BCUT2D eigenvalue weighted by atomic mass is 10.2. The van der Waals surface area contributed by atoms with Crippen molar-refractivity contribution >= 4 is 27.7 Å². The Labute approximate surface area is 164 Å². The number of sulfonamides is 1. The average Bonchev–Trinajstić information content (AvgIpc) is 2.65. The highest BCUT2D eigenvalue weighted by molar-refractivity contribution is 7.99. The largest absolute Gasteiger partial charge is 0.496 e. The highest BCUT2D eigenvalue weighted by atomic mass is 32.2. The van der Waals surface area contributed by atoms with Gasteiger partial charge in [-0.1, -0.05) is 18.2 Å². The molecule has 0 saturated heterocycles. The lowest BCUT2D eigenvalue weighted by molar-refractivity contribution is 0.0940. The van der Waals surface area contributed by atoms with Crippen LogP contribution < -0.4 is 14.8 Å². The van der Waals surface area contributed by atoms with E-state index in [-0.39, 0.29) is 29.0 Å². The molecule has 0 bridgehead atoms. The predicted molar refractivity (Wildman–Crippen MR) is 108 cm³/mol. The minimum atomic E-state index is -3.72. The second kappa shape index (κ2) is 9.77. The van der Waals surface area contributed by atoms with Gasteiger partial charge >= 0.3 is 0 Å². The van der Waals surface area contributed by atoms with Gasteiger partial charge in [0.1, 0.15) is 5.75 Å². The fraction of sp³-hybridized carbons (Fsp3) is 0.316. The van der Waals surface area contributed by atoms with Gasteiger partial charge in [-0.3, -0.25) is 4.79 Å². The molecule has 0 atom stereocenters. The van der Waals surface area contributed by atoms with Crippen molar-refractivity contribution in [2.75, 3.05) is 19.4 Å². The summed E-state index contributed by atoms with van der Waals surface area (Å²) in [6, 6.07) is 13.9. The summed E-state index contributed by atoms with van der Waals surface area (Å²) < 4.78 is 32.8. The number of nitrogens with one attached hydrogen (secondary N) is 2. The smallest absolute Gasteiger partial charge is 0.255 e. The summed E-state index contributed by atoms with van der Waals surface area (Å²) in [6.07, 6.45) is 0. The van der Waals surface area contributed by atoms with E-state index in [0.29, 0.717) is 11.5 Å². The van der Waals surface area contributed by atoms with Gasteiger partial charge in [0.25, 0.3) is 5.91 Å². The standard InChI is InChI=1S/C19H24N2O4S2/c1-14(2)21-19(22)17-13-16(9-10-18(17)25-3)27(23,24)20-11-12-26-15-7-5-4-6-8-15/h4-10,13-14,20H,11-12H2,1-3H3,(H,21,22). The molecule has 0 spiro atoms. The third kappa shape index (κ3) is 6.27. The Morgan fingerprint density at radius 2 is 1.85 bits per heavy atom. The van der Waals surface area contributed by atoms with E-state index >= 15 is 0 Å². The van der Waals surface area contributed by atoms with Crippen molar-refractivity contribution in [3.63, 3.8) is 0 Å². The fourth-order valence-electron chi connectivity index (χ4n) is 2.32. The van der Waals surface area contributed by atoms with Gasteiger partial charge < -0.3 is 10.1 Å². The van der Waals surface area contributed by atoms with Crippen LogP contribution in [-0.2, 0) is 10.0 Å². The molecular weight excluding hydrogens is 384 g/mol. The Hall–Kier alpha value is -2.03. The normalized spacial score (nSPS) is 11.4. The number of amides is 1. The Balaban J connectivity index is 2.07. The zero-order valence-electron chi connectivity index (χ0n) is 15.6. The molecule has 146 valence electrons. The molecule has 0 aliphatic heterocycles. The van der Waals surface area contributed by atoms with E-state index in [4.69, 9.17) is 4.74 Å². The molecule has 0 unspecified atom stereocenters. The Bertz CT molecular complexity index is 869. The number of methoxy groups -OCH3 is 1. The van der Waals surface area contributed by atoms with E-state index in [0.717, 1.165) is 4.90 Å². The Morgan fingerprint density at radius 1 is 1.15 bits per heavy atom. The molecule has 2 aromatic rings. The summed E-state index contributed by atoms with van der Waals surface area (Å²) in [4.78, 5) is 13.4. The number of carbonyl (C=O) groups is 1. The van der Waals surface area contributed by atoms with Crippen LogP contribution in [0, 0.1) is 0 Å². The number of ether oxygens (including phenoxy) is 1. The lowest BCUT2D eigenvalue weighted by Gasteiger charge is -2.13. The van der Waals surface area contributed by atoms with Gasteiger partial charge in [-0.05, 0) is 44.2 Å². The molecule has 2 rings (SSSR count). The van der Waals surface area contributed by atoms with Crippen LogP contribution in [0.5, 0.6) is 5.75 Å².